The Kier molecular flexibility index (Phi) is 6.93. The quantitative estimate of drug-likeness (QED) is 0.452. The molecule has 0 amide bonds. The van der Waals surface area contributed by atoms with Gasteiger partial charge in [0.1, 0.15) is 11.2 Å². The second-order valence-electron chi connectivity index (χ2n) is 2.33. The Labute approximate surface area is 127 Å². The Hall–Kier alpha value is 0.346. The van der Waals surface area contributed by atoms with Crippen LogP contribution in [0.3, 0.4) is 0 Å². The first kappa shape index (κ1) is 14.3. The van der Waals surface area contributed by atoms with E-state index in [1.54, 1.807) is 25.1 Å². The van der Waals surface area contributed by atoms with E-state index in [0.717, 1.165) is 6.26 Å². The molecule has 3 nitrogen and oxygen atoms in total. The molecule has 72 valence electrons. The molecule has 1 aromatic carbocycles. The molecule has 0 spiro atoms. The van der Waals surface area contributed by atoms with Crippen molar-refractivity contribution in [3.63, 3.8) is 0 Å². The zero-order chi connectivity index (χ0) is 9.73. The average Bonchev–Trinajstić information content (AvgIpc) is 2.16. The summed E-state index contributed by atoms with van der Waals surface area (Å²) in [5.74, 6) is 0. The van der Waals surface area contributed by atoms with Crippen molar-refractivity contribution in [3.05, 3.63) is 42.7 Å². The second-order valence-corrected chi connectivity index (χ2v) is 3.90. The first-order chi connectivity index (χ1) is 6.17. The number of benzene rings is 1. The monoisotopic (exact) mass is 238 g/mol. The summed E-state index contributed by atoms with van der Waals surface area (Å²) in [4.78, 5) is 0.160. The van der Waals surface area contributed by atoms with Crippen LogP contribution in [0.5, 0.6) is 0 Å². The standard InChI is InChI=1S/C9H10O3S.K.H/c1-2-8-12-13(10,11)9-6-4-3-5-7-9;;/h2-8H,1H3;;. The summed E-state index contributed by atoms with van der Waals surface area (Å²) < 4.78 is 27.2. The van der Waals surface area contributed by atoms with Gasteiger partial charge in [-0.1, -0.05) is 24.3 Å². The molecule has 0 saturated heterocycles. The summed E-state index contributed by atoms with van der Waals surface area (Å²) in [6.07, 6.45) is 2.66. The molecule has 1 aromatic rings. The van der Waals surface area contributed by atoms with Gasteiger partial charge in [0.15, 0.2) is 0 Å². The molecule has 1 rings (SSSR count). The van der Waals surface area contributed by atoms with Crippen LogP contribution >= 0.6 is 0 Å². The maximum absolute atomic E-state index is 11.3. The van der Waals surface area contributed by atoms with Gasteiger partial charge in [0, 0.05) is 0 Å². The molecule has 14 heavy (non-hydrogen) atoms. The van der Waals surface area contributed by atoms with E-state index in [4.69, 9.17) is 0 Å². The molecule has 0 aliphatic rings. The molecule has 0 radical (unpaired) electrons. The van der Waals surface area contributed by atoms with Gasteiger partial charge < -0.3 is 4.18 Å². The topological polar surface area (TPSA) is 43.4 Å². The van der Waals surface area contributed by atoms with E-state index in [1.165, 1.54) is 18.2 Å². The maximum atomic E-state index is 11.3. The minimum atomic E-state index is -3.61. The summed E-state index contributed by atoms with van der Waals surface area (Å²) >= 11 is 0. The van der Waals surface area contributed by atoms with Gasteiger partial charge in [0.25, 0.3) is 0 Å². The molecule has 0 atom stereocenters. The van der Waals surface area contributed by atoms with Crippen LogP contribution in [-0.2, 0) is 14.3 Å². The Bertz CT molecular complexity index is 384. The Balaban J connectivity index is 0.00000169. The zero-order valence-corrected chi connectivity index (χ0v) is 7.99. The number of hydrogen-bond donors (Lipinski definition) is 0. The summed E-state index contributed by atoms with van der Waals surface area (Å²) in [5.41, 5.74) is 0. The minimum absolute atomic E-state index is 0. The van der Waals surface area contributed by atoms with Gasteiger partial charge in [-0.25, -0.2) is 0 Å². The Morgan fingerprint density at radius 3 is 2.29 bits per heavy atom. The van der Waals surface area contributed by atoms with E-state index < -0.39 is 10.1 Å². The van der Waals surface area contributed by atoms with E-state index in [9.17, 15) is 8.42 Å². The second kappa shape index (κ2) is 6.76. The fourth-order valence-electron chi connectivity index (χ4n) is 0.771. The fourth-order valence-corrected chi connectivity index (χ4v) is 1.63. The fraction of sp³-hybridized carbons (Fsp3) is 0.111. The van der Waals surface area contributed by atoms with Gasteiger partial charge >= 0.3 is 61.5 Å². The van der Waals surface area contributed by atoms with Crippen LogP contribution < -0.4 is 0 Å². The number of hydrogen-bond acceptors (Lipinski definition) is 3. The van der Waals surface area contributed by atoms with Crippen molar-refractivity contribution in [3.8, 4) is 0 Å². The van der Waals surface area contributed by atoms with Crippen molar-refractivity contribution in [2.75, 3.05) is 0 Å². The van der Waals surface area contributed by atoms with Crippen LogP contribution in [0.25, 0.3) is 0 Å². The van der Waals surface area contributed by atoms with Crippen molar-refractivity contribution < 1.29 is 12.6 Å². The molecule has 5 heteroatoms. The van der Waals surface area contributed by atoms with Crippen molar-refractivity contribution >= 4 is 61.5 Å². The van der Waals surface area contributed by atoms with E-state index >= 15 is 0 Å². The summed E-state index contributed by atoms with van der Waals surface area (Å²) in [7, 11) is -3.61. The molecule has 0 heterocycles. The average molecular weight is 238 g/mol. The van der Waals surface area contributed by atoms with Gasteiger partial charge in [0.05, 0.1) is 0 Å². The third-order valence-corrected chi connectivity index (χ3v) is 2.56. The summed E-state index contributed by atoms with van der Waals surface area (Å²) in [6.45, 7) is 1.68. The van der Waals surface area contributed by atoms with E-state index in [0.29, 0.717) is 0 Å². The predicted molar refractivity (Wildman–Crippen MR) is 56.7 cm³/mol. The Morgan fingerprint density at radius 1 is 1.21 bits per heavy atom. The van der Waals surface area contributed by atoms with Crippen molar-refractivity contribution in [1.82, 2.24) is 0 Å². The zero-order valence-electron chi connectivity index (χ0n) is 7.17. The number of allylic oxidation sites excluding steroid dienone is 1. The SMILES string of the molecule is CC=COS(=O)(=O)c1ccccc1.[KH]. The van der Waals surface area contributed by atoms with Crippen molar-refractivity contribution in [2.45, 2.75) is 11.8 Å². The normalized spacial score (nSPS) is 10.9. The van der Waals surface area contributed by atoms with Crippen molar-refractivity contribution in [1.29, 1.82) is 0 Å². The molecule has 0 N–H and O–H groups in total. The molecular formula is C9H11KO3S. The van der Waals surface area contributed by atoms with Gasteiger partial charge in [-0.05, 0) is 19.1 Å². The van der Waals surface area contributed by atoms with Crippen LogP contribution in [0, 0.1) is 0 Å². The molecule has 0 saturated carbocycles. The van der Waals surface area contributed by atoms with Gasteiger partial charge in [-0.2, -0.15) is 8.42 Å². The van der Waals surface area contributed by atoms with Crippen LogP contribution in [0.4, 0.5) is 0 Å². The molecule has 0 aliphatic heterocycles. The number of rotatable bonds is 3. The van der Waals surface area contributed by atoms with E-state index in [2.05, 4.69) is 4.18 Å². The van der Waals surface area contributed by atoms with Gasteiger partial charge in [-0.15, -0.1) is 0 Å². The first-order valence-electron chi connectivity index (χ1n) is 3.76. The first-order valence-corrected chi connectivity index (χ1v) is 5.17. The van der Waals surface area contributed by atoms with Gasteiger partial charge in [0.2, 0.25) is 0 Å². The van der Waals surface area contributed by atoms with Crippen LogP contribution in [-0.4, -0.2) is 59.8 Å². The third kappa shape index (κ3) is 4.25. The Morgan fingerprint density at radius 2 is 1.79 bits per heavy atom. The molecule has 0 unspecified atom stereocenters. The molecule has 0 aromatic heterocycles. The van der Waals surface area contributed by atoms with Crippen LogP contribution in [0.2, 0.25) is 0 Å². The summed E-state index contributed by atoms with van der Waals surface area (Å²) in [6, 6.07) is 8.00. The predicted octanol–water partition coefficient (Wildman–Crippen LogP) is 1.28. The summed E-state index contributed by atoms with van der Waals surface area (Å²) in [5, 5.41) is 0. The van der Waals surface area contributed by atoms with Crippen LogP contribution in [0.15, 0.2) is 47.6 Å². The van der Waals surface area contributed by atoms with Crippen LogP contribution in [0.1, 0.15) is 6.92 Å². The molecular weight excluding hydrogens is 227 g/mol. The molecule has 0 aliphatic carbocycles. The molecule has 0 fully saturated rings. The molecule has 0 bridgehead atoms. The van der Waals surface area contributed by atoms with Crippen molar-refractivity contribution in [2.24, 2.45) is 0 Å². The third-order valence-electron chi connectivity index (χ3n) is 1.35. The van der Waals surface area contributed by atoms with E-state index in [1.807, 2.05) is 0 Å². The van der Waals surface area contributed by atoms with E-state index in [-0.39, 0.29) is 56.3 Å². The van der Waals surface area contributed by atoms with Gasteiger partial charge in [-0.3, -0.25) is 0 Å².